The van der Waals surface area contributed by atoms with Gasteiger partial charge in [-0.05, 0) is 71.5 Å². The van der Waals surface area contributed by atoms with E-state index in [0.29, 0.717) is 0 Å². The standard InChI is InChI=1S/C22H16N4/c1-2-10-24-19(5-1)20-14-18(15-8-12-23-13-9-15)17-7-6-16-4-3-11-25-21(16)22(17)26-20/h1-5,8-14H,6-7H2. The predicted molar refractivity (Wildman–Crippen MR) is 101 cm³/mol. The average molecular weight is 336 g/mol. The van der Waals surface area contributed by atoms with Gasteiger partial charge in [-0.15, -0.1) is 0 Å². The fourth-order valence-corrected chi connectivity index (χ4v) is 3.57. The number of rotatable bonds is 2. The molecule has 4 aromatic heterocycles. The third-order valence-corrected chi connectivity index (χ3v) is 4.80. The number of pyridine rings is 4. The summed E-state index contributed by atoms with van der Waals surface area (Å²) in [6.07, 6.45) is 9.25. The second-order valence-electron chi connectivity index (χ2n) is 6.34. The average Bonchev–Trinajstić information content (AvgIpc) is 2.74. The van der Waals surface area contributed by atoms with Gasteiger partial charge in [-0.1, -0.05) is 12.1 Å². The molecule has 5 rings (SSSR count). The molecular formula is C22H16N4. The molecule has 1 aliphatic carbocycles. The van der Waals surface area contributed by atoms with Gasteiger partial charge in [-0.3, -0.25) is 15.0 Å². The summed E-state index contributed by atoms with van der Waals surface area (Å²) in [6, 6.07) is 16.3. The van der Waals surface area contributed by atoms with Gasteiger partial charge < -0.3 is 0 Å². The van der Waals surface area contributed by atoms with Crippen molar-refractivity contribution in [2.75, 3.05) is 0 Å². The molecule has 0 saturated heterocycles. The Morgan fingerprint density at radius 3 is 2.42 bits per heavy atom. The SMILES string of the molecule is c1ccc(-c2cc(-c3ccncc3)c3c(n2)-c2ncccc2CC3)nc1. The molecule has 4 heterocycles. The molecule has 4 nitrogen and oxygen atoms in total. The summed E-state index contributed by atoms with van der Waals surface area (Å²) in [5, 5.41) is 0. The van der Waals surface area contributed by atoms with Crippen molar-refractivity contribution in [1.82, 2.24) is 19.9 Å². The molecule has 4 aromatic rings. The zero-order valence-electron chi connectivity index (χ0n) is 14.1. The number of fused-ring (bicyclic) bond motifs is 3. The maximum atomic E-state index is 4.97. The molecule has 0 aliphatic heterocycles. The smallest absolute Gasteiger partial charge is 0.0935 e. The van der Waals surface area contributed by atoms with Crippen molar-refractivity contribution >= 4 is 0 Å². The van der Waals surface area contributed by atoms with Crippen LogP contribution in [0.4, 0.5) is 0 Å². The van der Waals surface area contributed by atoms with Gasteiger partial charge in [0, 0.05) is 24.8 Å². The summed E-state index contributed by atoms with van der Waals surface area (Å²) >= 11 is 0. The van der Waals surface area contributed by atoms with Crippen LogP contribution < -0.4 is 0 Å². The van der Waals surface area contributed by atoms with Crippen LogP contribution in [0.1, 0.15) is 11.1 Å². The second-order valence-corrected chi connectivity index (χ2v) is 6.34. The molecule has 1 aliphatic rings. The topological polar surface area (TPSA) is 51.6 Å². The van der Waals surface area contributed by atoms with Gasteiger partial charge in [0.25, 0.3) is 0 Å². The van der Waals surface area contributed by atoms with Crippen molar-refractivity contribution in [3.8, 4) is 33.9 Å². The van der Waals surface area contributed by atoms with Gasteiger partial charge in [0.15, 0.2) is 0 Å². The number of aromatic nitrogens is 4. The molecule has 0 atom stereocenters. The van der Waals surface area contributed by atoms with E-state index in [1.165, 1.54) is 16.7 Å². The molecular weight excluding hydrogens is 320 g/mol. The lowest BCUT2D eigenvalue weighted by molar-refractivity contribution is 0.914. The number of aryl methyl sites for hydroxylation is 1. The predicted octanol–water partition coefficient (Wildman–Crippen LogP) is 4.37. The van der Waals surface area contributed by atoms with Crippen molar-refractivity contribution < 1.29 is 0 Å². The third-order valence-electron chi connectivity index (χ3n) is 4.80. The van der Waals surface area contributed by atoms with Crippen LogP contribution in [-0.2, 0) is 12.8 Å². The summed E-state index contributed by atoms with van der Waals surface area (Å²) in [5.74, 6) is 0. The van der Waals surface area contributed by atoms with E-state index >= 15 is 0 Å². The number of nitrogens with zero attached hydrogens (tertiary/aromatic N) is 4. The highest BCUT2D eigenvalue weighted by molar-refractivity contribution is 5.81. The van der Waals surface area contributed by atoms with Crippen molar-refractivity contribution in [2.24, 2.45) is 0 Å². The first-order valence-electron chi connectivity index (χ1n) is 8.70. The van der Waals surface area contributed by atoms with Crippen molar-refractivity contribution in [3.05, 3.63) is 84.4 Å². The summed E-state index contributed by atoms with van der Waals surface area (Å²) in [4.78, 5) is 18.3. The van der Waals surface area contributed by atoms with E-state index in [1.807, 2.05) is 55.0 Å². The van der Waals surface area contributed by atoms with Crippen LogP contribution in [0.15, 0.2) is 73.3 Å². The minimum absolute atomic E-state index is 0.869. The molecule has 0 saturated carbocycles. The van der Waals surface area contributed by atoms with Crippen LogP contribution in [0.3, 0.4) is 0 Å². The van der Waals surface area contributed by atoms with Gasteiger partial charge in [0.05, 0.1) is 22.8 Å². The number of hydrogen-bond acceptors (Lipinski definition) is 4. The molecule has 26 heavy (non-hydrogen) atoms. The zero-order valence-corrected chi connectivity index (χ0v) is 14.1. The zero-order chi connectivity index (χ0) is 17.3. The minimum Gasteiger partial charge on any atom is -0.265 e. The first-order chi connectivity index (χ1) is 12.9. The molecule has 0 aromatic carbocycles. The molecule has 0 spiro atoms. The number of hydrogen-bond donors (Lipinski definition) is 0. The first kappa shape index (κ1) is 14.9. The fraction of sp³-hybridized carbons (Fsp3) is 0.0909. The lowest BCUT2D eigenvalue weighted by Gasteiger charge is -2.22. The highest BCUT2D eigenvalue weighted by atomic mass is 14.8. The summed E-state index contributed by atoms with van der Waals surface area (Å²) in [5.41, 5.74) is 8.55. The third kappa shape index (κ3) is 2.47. The monoisotopic (exact) mass is 336 g/mol. The molecule has 4 heteroatoms. The Morgan fingerprint density at radius 2 is 1.58 bits per heavy atom. The van der Waals surface area contributed by atoms with E-state index in [9.17, 15) is 0 Å². The van der Waals surface area contributed by atoms with Crippen LogP contribution >= 0.6 is 0 Å². The Labute approximate surface area is 151 Å². The lowest BCUT2D eigenvalue weighted by Crippen LogP contribution is -2.10. The lowest BCUT2D eigenvalue weighted by atomic mass is 9.87. The Kier molecular flexibility index (Phi) is 3.53. The molecule has 0 unspecified atom stereocenters. The molecule has 0 N–H and O–H groups in total. The van der Waals surface area contributed by atoms with Gasteiger partial charge in [0.1, 0.15) is 0 Å². The largest absolute Gasteiger partial charge is 0.265 e. The Bertz CT molecular complexity index is 1060. The summed E-state index contributed by atoms with van der Waals surface area (Å²) < 4.78 is 0. The summed E-state index contributed by atoms with van der Waals surface area (Å²) in [6.45, 7) is 0. The fourth-order valence-electron chi connectivity index (χ4n) is 3.57. The van der Waals surface area contributed by atoms with Crippen LogP contribution in [0.2, 0.25) is 0 Å². The van der Waals surface area contributed by atoms with Crippen molar-refractivity contribution in [2.45, 2.75) is 12.8 Å². The molecule has 0 radical (unpaired) electrons. The molecule has 0 amide bonds. The van der Waals surface area contributed by atoms with E-state index in [1.54, 1.807) is 6.20 Å². The Hall–Kier alpha value is -3.40. The highest BCUT2D eigenvalue weighted by Gasteiger charge is 2.23. The van der Waals surface area contributed by atoms with Gasteiger partial charge in [-0.2, -0.15) is 0 Å². The van der Waals surface area contributed by atoms with Gasteiger partial charge in [-0.25, -0.2) is 4.98 Å². The van der Waals surface area contributed by atoms with E-state index in [4.69, 9.17) is 4.98 Å². The summed E-state index contributed by atoms with van der Waals surface area (Å²) in [7, 11) is 0. The van der Waals surface area contributed by atoms with Crippen LogP contribution in [-0.4, -0.2) is 19.9 Å². The van der Waals surface area contributed by atoms with Crippen LogP contribution in [0.25, 0.3) is 33.9 Å². The second kappa shape index (κ2) is 6.15. The Morgan fingerprint density at radius 1 is 0.692 bits per heavy atom. The quantitative estimate of drug-likeness (QED) is 0.545. The normalized spacial score (nSPS) is 12.3. The van der Waals surface area contributed by atoms with Crippen molar-refractivity contribution in [1.29, 1.82) is 0 Å². The van der Waals surface area contributed by atoms with Crippen LogP contribution in [0.5, 0.6) is 0 Å². The van der Waals surface area contributed by atoms with E-state index in [2.05, 4.69) is 27.1 Å². The first-order valence-corrected chi connectivity index (χ1v) is 8.70. The molecule has 0 fully saturated rings. The van der Waals surface area contributed by atoms with E-state index < -0.39 is 0 Å². The van der Waals surface area contributed by atoms with Gasteiger partial charge in [0.2, 0.25) is 0 Å². The van der Waals surface area contributed by atoms with Crippen molar-refractivity contribution in [3.63, 3.8) is 0 Å². The molecule has 124 valence electrons. The highest BCUT2D eigenvalue weighted by Crippen LogP contribution is 2.38. The maximum absolute atomic E-state index is 4.97. The molecule has 0 bridgehead atoms. The Balaban J connectivity index is 1.81. The van der Waals surface area contributed by atoms with E-state index in [0.717, 1.165) is 41.2 Å². The maximum Gasteiger partial charge on any atom is 0.0935 e. The minimum atomic E-state index is 0.869. The van der Waals surface area contributed by atoms with E-state index in [-0.39, 0.29) is 0 Å². The van der Waals surface area contributed by atoms with Crippen LogP contribution in [0, 0.1) is 0 Å². The van der Waals surface area contributed by atoms with Gasteiger partial charge >= 0.3 is 0 Å².